The third-order valence-corrected chi connectivity index (χ3v) is 8.95. The van der Waals surface area contributed by atoms with E-state index >= 15 is 0 Å². The quantitative estimate of drug-likeness (QED) is 0.561. The van der Waals surface area contributed by atoms with Gasteiger partial charge in [-0.1, -0.05) is 31.7 Å². The summed E-state index contributed by atoms with van der Waals surface area (Å²) in [4.78, 5) is 14.2. The number of rotatable bonds is 2. The molecular weight excluding hydrogens is 376 g/mol. The predicted molar refractivity (Wildman–Crippen MR) is 111 cm³/mol. The van der Waals surface area contributed by atoms with Crippen LogP contribution in [0, 0.1) is 23.7 Å². The van der Waals surface area contributed by atoms with E-state index in [1.807, 2.05) is 22.5 Å². The number of nitrogens with zero attached hydrogens (tertiary/aromatic N) is 2. The van der Waals surface area contributed by atoms with Crippen LogP contribution < -0.4 is 0 Å². The van der Waals surface area contributed by atoms with Crippen molar-refractivity contribution in [3.8, 4) is 0 Å². The van der Waals surface area contributed by atoms with Crippen molar-refractivity contribution in [2.24, 2.45) is 28.8 Å². The molecule has 1 aromatic heterocycles. The summed E-state index contributed by atoms with van der Waals surface area (Å²) in [6, 6.07) is 4.08. The Morgan fingerprint density at radius 2 is 1.85 bits per heavy atom. The van der Waals surface area contributed by atoms with Crippen molar-refractivity contribution >= 4 is 34.6 Å². The monoisotopic (exact) mass is 404 g/mol. The molecule has 5 heteroatoms. The Morgan fingerprint density at radius 1 is 1.04 bits per heavy atom. The van der Waals surface area contributed by atoms with E-state index in [0.29, 0.717) is 17.8 Å². The highest BCUT2D eigenvalue weighted by Crippen LogP contribution is 2.49. The number of carbonyl (C=O) groups excluding carboxylic acids is 1. The molecule has 0 N–H and O–H groups in total. The molecule has 2 heterocycles. The zero-order valence-corrected chi connectivity index (χ0v) is 17.4. The minimum Gasteiger partial charge on any atom is -0.266 e. The van der Waals surface area contributed by atoms with Crippen LogP contribution in [-0.4, -0.2) is 28.0 Å². The molecule has 0 bridgehead atoms. The summed E-state index contributed by atoms with van der Waals surface area (Å²) < 4.78 is 0. The van der Waals surface area contributed by atoms with Gasteiger partial charge >= 0.3 is 0 Å². The second-order valence-corrected chi connectivity index (χ2v) is 10.4. The van der Waals surface area contributed by atoms with Gasteiger partial charge in [0.25, 0.3) is 5.91 Å². The average Bonchev–Trinajstić information content (AvgIpc) is 3.36. The van der Waals surface area contributed by atoms with Crippen molar-refractivity contribution < 1.29 is 4.79 Å². The number of halogens is 1. The van der Waals surface area contributed by atoms with Crippen LogP contribution in [-0.2, 0) is 0 Å². The Morgan fingerprint density at radius 3 is 2.67 bits per heavy atom. The number of hydrogen-bond acceptors (Lipinski definition) is 3. The topological polar surface area (TPSA) is 32.7 Å². The first-order valence-electron chi connectivity index (χ1n) is 10.8. The largest absolute Gasteiger partial charge is 0.284 e. The van der Waals surface area contributed by atoms with Crippen molar-refractivity contribution in [3.63, 3.8) is 0 Å². The van der Waals surface area contributed by atoms with Gasteiger partial charge in [0.1, 0.15) is 0 Å². The van der Waals surface area contributed by atoms with Crippen molar-refractivity contribution in [2.45, 2.75) is 75.6 Å². The lowest BCUT2D eigenvalue weighted by atomic mass is 9.63. The van der Waals surface area contributed by atoms with Crippen molar-refractivity contribution in [3.05, 3.63) is 22.4 Å². The fraction of sp³-hybridized carbons (Fsp3) is 0.727. The smallest absolute Gasteiger partial charge is 0.266 e. The summed E-state index contributed by atoms with van der Waals surface area (Å²) in [6.45, 7) is 0. The van der Waals surface area contributed by atoms with Gasteiger partial charge in [-0.15, -0.1) is 22.9 Å². The second-order valence-electron chi connectivity index (χ2n) is 8.94. The van der Waals surface area contributed by atoms with Crippen LogP contribution in [0.25, 0.3) is 0 Å². The fourth-order valence-corrected chi connectivity index (χ4v) is 7.37. The Labute approximate surface area is 171 Å². The lowest BCUT2D eigenvalue weighted by Crippen LogP contribution is -2.48. The van der Waals surface area contributed by atoms with Crippen molar-refractivity contribution in [2.75, 3.05) is 0 Å². The maximum Gasteiger partial charge on any atom is 0.284 e. The van der Waals surface area contributed by atoms with Crippen LogP contribution in [0.5, 0.6) is 0 Å². The molecule has 3 aliphatic carbocycles. The second kappa shape index (κ2) is 7.51. The summed E-state index contributed by atoms with van der Waals surface area (Å²) in [5.41, 5.74) is 1.36. The average molecular weight is 405 g/mol. The number of hydrogen-bond donors (Lipinski definition) is 0. The maximum absolute atomic E-state index is 13.4. The number of hydrazone groups is 1. The SMILES string of the molecule is O=C(c1cccs1)N1N=C2C3CCCCC3CCC2C1C1CCCCC1Cl. The lowest BCUT2D eigenvalue weighted by molar-refractivity contribution is 0.0564. The standard InChI is InChI=1S/C22H29ClN2OS/c23-18-9-4-3-8-16(18)21-17-12-11-14-6-1-2-7-15(14)20(17)24-25(21)22(26)19-10-5-13-27-19/h5,10,13-18,21H,1-4,6-9,11-12H2. The Hall–Kier alpha value is -0.870. The maximum atomic E-state index is 13.4. The van der Waals surface area contributed by atoms with Gasteiger partial charge in [0.2, 0.25) is 0 Å². The molecule has 1 aliphatic heterocycles. The van der Waals surface area contributed by atoms with E-state index in [9.17, 15) is 4.79 Å². The molecule has 6 atom stereocenters. The van der Waals surface area contributed by atoms with E-state index in [0.717, 1.165) is 23.6 Å². The zero-order chi connectivity index (χ0) is 18.4. The molecule has 1 amide bonds. The molecule has 0 saturated heterocycles. The van der Waals surface area contributed by atoms with Gasteiger partial charge in [0, 0.05) is 22.9 Å². The molecule has 146 valence electrons. The van der Waals surface area contributed by atoms with Crippen LogP contribution in [0.15, 0.2) is 22.6 Å². The van der Waals surface area contributed by atoms with Crippen molar-refractivity contribution in [1.82, 2.24) is 5.01 Å². The van der Waals surface area contributed by atoms with E-state index in [1.165, 1.54) is 68.4 Å². The van der Waals surface area contributed by atoms with Gasteiger partial charge in [-0.05, 0) is 61.8 Å². The molecule has 6 unspecified atom stereocenters. The molecule has 3 saturated carbocycles. The van der Waals surface area contributed by atoms with Crippen LogP contribution in [0.3, 0.4) is 0 Å². The van der Waals surface area contributed by atoms with Gasteiger partial charge < -0.3 is 0 Å². The van der Waals surface area contributed by atoms with E-state index in [2.05, 4.69) is 0 Å². The van der Waals surface area contributed by atoms with E-state index in [4.69, 9.17) is 16.7 Å². The van der Waals surface area contributed by atoms with E-state index in [1.54, 1.807) is 0 Å². The summed E-state index contributed by atoms with van der Waals surface area (Å²) in [7, 11) is 0. The number of thiophene rings is 1. The van der Waals surface area contributed by atoms with Crippen molar-refractivity contribution in [1.29, 1.82) is 0 Å². The highest BCUT2D eigenvalue weighted by molar-refractivity contribution is 7.12. The number of carbonyl (C=O) groups is 1. The Bertz CT molecular complexity index is 718. The molecule has 0 aromatic carbocycles. The molecule has 3 fully saturated rings. The van der Waals surface area contributed by atoms with Crippen LogP contribution in [0.2, 0.25) is 0 Å². The first-order valence-corrected chi connectivity index (χ1v) is 12.1. The lowest BCUT2D eigenvalue weighted by Gasteiger charge is -2.43. The first-order chi connectivity index (χ1) is 13.2. The van der Waals surface area contributed by atoms with Gasteiger partial charge in [0.05, 0.1) is 10.9 Å². The van der Waals surface area contributed by atoms with Gasteiger partial charge in [-0.3, -0.25) is 4.79 Å². The molecule has 5 rings (SSSR count). The minimum absolute atomic E-state index is 0.0960. The van der Waals surface area contributed by atoms with E-state index < -0.39 is 0 Å². The molecular formula is C22H29ClN2OS. The molecule has 1 aromatic rings. The highest BCUT2D eigenvalue weighted by Gasteiger charge is 2.51. The van der Waals surface area contributed by atoms with Crippen LogP contribution in [0.1, 0.15) is 73.9 Å². The molecule has 4 aliphatic rings. The minimum atomic E-state index is 0.0960. The summed E-state index contributed by atoms with van der Waals surface area (Å²) in [5, 5.41) is 9.16. The van der Waals surface area contributed by atoms with Crippen LogP contribution in [0.4, 0.5) is 0 Å². The van der Waals surface area contributed by atoms with Crippen LogP contribution >= 0.6 is 22.9 Å². The summed E-state index contributed by atoms with van der Waals surface area (Å²) in [6.07, 6.45) is 12.5. The van der Waals surface area contributed by atoms with Gasteiger partial charge in [0.15, 0.2) is 0 Å². The Balaban J connectivity index is 1.50. The first kappa shape index (κ1) is 18.2. The number of amides is 1. The summed E-state index contributed by atoms with van der Waals surface area (Å²) >= 11 is 8.37. The number of alkyl halides is 1. The third-order valence-electron chi connectivity index (χ3n) is 7.55. The highest BCUT2D eigenvalue weighted by atomic mass is 35.5. The molecule has 0 spiro atoms. The third kappa shape index (κ3) is 3.17. The zero-order valence-electron chi connectivity index (χ0n) is 15.9. The van der Waals surface area contributed by atoms with E-state index in [-0.39, 0.29) is 17.3 Å². The molecule has 0 radical (unpaired) electrons. The normalized spacial score (nSPS) is 38.9. The van der Waals surface area contributed by atoms with Gasteiger partial charge in [-0.2, -0.15) is 5.10 Å². The summed E-state index contributed by atoms with van der Waals surface area (Å²) in [5.74, 6) is 2.33. The molecule has 27 heavy (non-hydrogen) atoms. The molecule has 3 nitrogen and oxygen atoms in total. The van der Waals surface area contributed by atoms with Gasteiger partial charge in [-0.25, -0.2) is 5.01 Å². The predicted octanol–water partition coefficient (Wildman–Crippen LogP) is 5.94. The fourth-order valence-electron chi connectivity index (χ4n) is 6.29. The number of fused-ring (bicyclic) bond motifs is 3. The Kier molecular flexibility index (Phi) is 5.06.